The lowest BCUT2D eigenvalue weighted by molar-refractivity contribution is 0.412. The average Bonchev–Trinajstić information content (AvgIpc) is 3.65. The van der Waals surface area contributed by atoms with Crippen molar-refractivity contribution in [3.05, 3.63) is 106 Å². The number of aryl methyl sites for hydroxylation is 3. The Morgan fingerprint density at radius 2 is 1.82 bits per heavy atom. The van der Waals surface area contributed by atoms with Gasteiger partial charge in [-0.05, 0) is 60.7 Å². The lowest BCUT2D eigenvalue weighted by Gasteiger charge is -2.32. The predicted octanol–water partition coefficient (Wildman–Crippen LogP) is 3.34. The zero-order valence-electron chi connectivity index (χ0n) is 22.2. The highest BCUT2D eigenvalue weighted by atomic mass is 32.2. The van der Waals surface area contributed by atoms with Crippen LogP contribution in [0.4, 0.5) is 0 Å². The topological polar surface area (TPSA) is 95.0 Å². The molecule has 2 aromatic carbocycles. The Labute approximate surface area is 227 Å². The minimum absolute atomic E-state index is 0.0752. The number of hydrogen-bond donors (Lipinski definition) is 0. The fourth-order valence-electron chi connectivity index (χ4n) is 5.81. The highest BCUT2D eigenvalue weighted by molar-refractivity contribution is 7.89. The van der Waals surface area contributed by atoms with Crippen LogP contribution in [0.5, 0.6) is 0 Å². The zero-order valence-corrected chi connectivity index (χ0v) is 23.0. The van der Waals surface area contributed by atoms with Gasteiger partial charge in [-0.3, -0.25) is 9.48 Å². The molecule has 0 amide bonds. The molecule has 5 aromatic rings. The molecular weight excluding hydrogens is 512 g/mol. The van der Waals surface area contributed by atoms with Crippen molar-refractivity contribution in [1.29, 1.82) is 0 Å². The molecule has 1 fully saturated rings. The Morgan fingerprint density at radius 1 is 1.03 bits per heavy atom. The molecule has 4 heterocycles. The van der Waals surface area contributed by atoms with Gasteiger partial charge in [-0.25, -0.2) is 13.1 Å². The highest BCUT2D eigenvalue weighted by Crippen LogP contribution is 2.42. The van der Waals surface area contributed by atoms with Gasteiger partial charge in [0.1, 0.15) is 0 Å². The number of hydrogen-bond acceptors (Lipinski definition) is 5. The van der Waals surface area contributed by atoms with Crippen molar-refractivity contribution in [2.75, 3.05) is 13.1 Å². The highest BCUT2D eigenvalue weighted by Gasteiger charge is 2.45. The van der Waals surface area contributed by atoms with Crippen LogP contribution in [0.3, 0.4) is 0 Å². The molecule has 200 valence electrons. The van der Waals surface area contributed by atoms with Crippen LogP contribution in [0.2, 0.25) is 0 Å². The van der Waals surface area contributed by atoms with Crippen LogP contribution in [-0.2, 0) is 36.0 Å². The minimum atomic E-state index is -3.73. The molecule has 3 aromatic heterocycles. The van der Waals surface area contributed by atoms with Crippen molar-refractivity contribution in [3.8, 4) is 5.69 Å². The average molecular weight is 543 g/mol. The summed E-state index contributed by atoms with van der Waals surface area (Å²) in [5.74, 6) is 0. The van der Waals surface area contributed by atoms with E-state index in [1.807, 2.05) is 29.1 Å². The quantitative estimate of drug-likeness (QED) is 0.328. The van der Waals surface area contributed by atoms with Crippen LogP contribution in [-0.4, -0.2) is 49.9 Å². The number of fused-ring (bicyclic) bond motifs is 1. The monoisotopic (exact) mass is 542 g/mol. The molecule has 6 rings (SSSR count). The van der Waals surface area contributed by atoms with Gasteiger partial charge in [0.2, 0.25) is 5.56 Å². The van der Waals surface area contributed by atoms with Crippen molar-refractivity contribution < 1.29 is 8.42 Å². The van der Waals surface area contributed by atoms with Crippen molar-refractivity contribution >= 4 is 20.9 Å². The zero-order chi connectivity index (χ0) is 27.4. The molecule has 1 unspecified atom stereocenters. The molecule has 0 N–H and O–H groups in total. The SMILES string of the molecule is Cc1cc2c(cnn2-c2ccc(=O)n(C)c2)cc1C1(Cc2ccccc2)CCN(S(=O)(=O)c2ccn(C)n2)C1. The largest absolute Gasteiger partial charge is 0.316 e. The Morgan fingerprint density at radius 3 is 2.54 bits per heavy atom. The number of rotatable bonds is 6. The number of nitrogens with zero attached hydrogens (tertiary/aromatic N) is 6. The first-order valence-electron chi connectivity index (χ1n) is 12.9. The maximum Gasteiger partial charge on any atom is 0.262 e. The first kappa shape index (κ1) is 25.3. The van der Waals surface area contributed by atoms with E-state index < -0.39 is 15.4 Å². The number of benzene rings is 2. The summed E-state index contributed by atoms with van der Waals surface area (Å²) >= 11 is 0. The van der Waals surface area contributed by atoms with E-state index in [1.165, 1.54) is 15.3 Å². The molecule has 39 heavy (non-hydrogen) atoms. The van der Waals surface area contributed by atoms with Gasteiger partial charge in [0.15, 0.2) is 5.03 Å². The van der Waals surface area contributed by atoms with E-state index in [0.717, 1.165) is 33.3 Å². The van der Waals surface area contributed by atoms with E-state index in [2.05, 4.69) is 41.4 Å². The molecule has 0 saturated carbocycles. The van der Waals surface area contributed by atoms with Gasteiger partial charge < -0.3 is 4.57 Å². The van der Waals surface area contributed by atoms with Gasteiger partial charge in [0, 0.05) is 56.4 Å². The number of sulfonamides is 1. The summed E-state index contributed by atoms with van der Waals surface area (Å²) in [5, 5.41) is 9.86. The smallest absolute Gasteiger partial charge is 0.262 e. The molecule has 1 aliphatic rings. The van der Waals surface area contributed by atoms with Crippen LogP contribution >= 0.6 is 0 Å². The third kappa shape index (κ3) is 4.39. The Bertz CT molecular complexity index is 1850. The second-order valence-electron chi connectivity index (χ2n) is 10.5. The lowest BCUT2D eigenvalue weighted by atomic mass is 9.73. The summed E-state index contributed by atoms with van der Waals surface area (Å²) in [5.41, 5.74) is 4.59. The van der Waals surface area contributed by atoms with E-state index in [1.54, 1.807) is 42.9 Å². The van der Waals surface area contributed by atoms with Crippen LogP contribution in [0.15, 0.2) is 89.1 Å². The number of aromatic nitrogens is 5. The van der Waals surface area contributed by atoms with Gasteiger partial charge in [0.25, 0.3) is 10.0 Å². The van der Waals surface area contributed by atoms with Gasteiger partial charge in [-0.15, -0.1) is 0 Å². The molecular formula is C29H30N6O3S. The number of pyridine rings is 1. The predicted molar refractivity (Wildman–Crippen MR) is 149 cm³/mol. The van der Waals surface area contributed by atoms with Gasteiger partial charge in [-0.2, -0.15) is 14.5 Å². The van der Waals surface area contributed by atoms with Crippen molar-refractivity contribution in [2.45, 2.75) is 30.2 Å². The van der Waals surface area contributed by atoms with Crippen molar-refractivity contribution in [3.63, 3.8) is 0 Å². The van der Waals surface area contributed by atoms with Crippen LogP contribution in [0.25, 0.3) is 16.6 Å². The second-order valence-corrected chi connectivity index (χ2v) is 12.4. The Balaban J connectivity index is 1.45. The molecule has 0 spiro atoms. The fourth-order valence-corrected chi connectivity index (χ4v) is 7.29. The van der Waals surface area contributed by atoms with Crippen molar-refractivity contribution in [1.82, 2.24) is 28.4 Å². The Hall–Kier alpha value is -4.02. The molecule has 0 bridgehead atoms. The van der Waals surface area contributed by atoms with Crippen LogP contribution in [0.1, 0.15) is 23.1 Å². The standard InChI is InChI=1S/C29H30N6O3S/c1-21-15-26-23(18-30-35(26)24-9-10-28(36)32(2)19-24)16-25(21)29(17-22-7-5-4-6-8-22)12-14-34(20-29)39(37,38)27-11-13-33(3)31-27/h4-11,13,15-16,18-19H,12,14,17,20H2,1-3H3. The fraction of sp³-hybridized carbons (Fsp3) is 0.276. The second kappa shape index (κ2) is 9.32. The summed E-state index contributed by atoms with van der Waals surface area (Å²) in [7, 11) is -0.287. The van der Waals surface area contributed by atoms with E-state index in [4.69, 9.17) is 0 Å². The summed E-state index contributed by atoms with van der Waals surface area (Å²) in [6, 6.07) is 19.4. The molecule has 1 atom stereocenters. The van der Waals surface area contributed by atoms with Crippen LogP contribution < -0.4 is 5.56 Å². The van der Waals surface area contributed by atoms with E-state index >= 15 is 0 Å². The van der Waals surface area contributed by atoms with Gasteiger partial charge in [-0.1, -0.05) is 30.3 Å². The molecule has 9 nitrogen and oxygen atoms in total. The summed E-state index contributed by atoms with van der Waals surface area (Å²) in [4.78, 5) is 11.9. The third-order valence-corrected chi connectivity index (χ3v) is 9.54. The van der Waals surface area contributed by atoms with E-state index in [9.17, 15) is 13.2 Å². The van der Waals surface area contributed by atoms with Gasteiger partial charge in [0.05, 0.1) is 17.4 Å². The summed E-state index contributed by atoms with van der Waals surface area (Å²) in [6.07, 6.45) is 6.66. The van der Waals surface area contributed by atoms with Crippen molar-refractivity contribution in [2.24, 2.45) is 14.1 Å². The molecule has 1 aliphatic heterocycles. The maximum atomic E-state index is 13.5. The Kier molecular flexibility index (Phi) is 6.04. The first-order chi connectivity index (χ1) is 18.7. The maximum absolute atomic E-state index is 13.5. The lowest BCUT2D eigenvalue weighted by Crippen LogP contribution is -2.36. The van der Waals surface area contributed by atoms with Crippen LogP contribution in [0, 0.1) is 6.92 Å². The normalized spacial score (nSPS) is 18.2. The van der Waals surface area contributed by atoms with E-state index in [0.29, 0.717) is 25.9 Å². The molecule has 0 aliphatic carbocycles. The first-order valence-corrected chi connectivity index (χ1v) is 14.3. The molecule has 10 heteroatoms. The van der Waals surface area contributed by atoms with E-state index in [-0.39, 0.29) is 10.6 Å². The summed E-state index contributed by atoms with van der Waals surface area (Å²) in [6.45, 7) is 2.86. The van der Waals surface area contributed by atoms with Gasteiger partial charge >= 0.3 is 0 Å². The third-order valence-electron chi connectivity index (χ3n) is 7.80. The molecule has 0 radical (unpaired) electrons. The summed E-state index contributed by atoms with van der Waals surface area (Å²) < 4.78 is 33.5. The molecule has 1 saturated heterocycles. The minimum Gasteiger partial charge on any atom is -0.316 e.